The molecule has 2 aromatic carbocycles. The van der Waals surface area contributed by atoms with E-state index in [2.05, 4.69) is 22.1 Å². The molecule has 0 aliphatic rings. The van der Waals surface area contributed by atoms with Crippen molar-refractivity contribution >= 4 is 11.9 Å². The summed E-state index contributed by atoms with van der Waals surface area (Å²) >= 11 is 0. The molecular weight excluding hydrogens is 522 g/mol. The number of aryl methyl sites for hydroxylation is 1. The summed E-state index contributed by atoms with van der Waals surface area (Å²) in [5, 5.41) is 17.0. The molecule has 0 radical (unpaired) electrons. The van der Waals surface area contributed by atoms with Crippen LogP contribution in [0.1, 0.15) is 66.9 Å². The van der Waals surface area contributed by atoms with Crippen LogP contribution in [0.3, 0.4) is 0 Å². The fourth-order valence-electron chi connectivity index (χ4n) is 4.59. The maximum Gasteiger partial charge on any atom is 0.356 e. The number of carboxylic acid groups (broad SMARTS) is 1. The van der Waals surface area contributed by atoms with Crippen LogP contribution in [0.4, 0.5) is 0 Å². The van der Waals surface area contributed by atoms with Gasteiger partial charge in [0.05, 0.1) is 18.2 Å². The van der Waals surface area contributed by atoms with E-state index in [1.165, 1.54) is 0 Å². The standard InChI is InChI=1S/C32H35N3O6/c1-4-22-11-7-8-12-25(22)29(16-23(5-2)31(36)37)41-30-17-24(40-20-21-10-9-15-33-19-21)13-14-26(30)27-18-28(35-34-27)32(38)39-6-3/h7-15,17-19,23,29H,4-6,16,20H2,1-3H3,(H,34,35)(H,36,37). The average Bonchev–Trinajstić information content (AvgIpc) is 3.49. The summed E-state index contributed by atoms with van der Waals surface area (Å²) < 4.78 is 17.9. The second kappa shape index (κ2) is 14.1. The molecule has 4 aromatic rings. The summed E-state index contributed by atoms with van der Waals surface area (Å²) in [6.45, 7) is 6.20. The number of aliphatic carboxylic acids is 1. The quantitative estimate of drug-likeness (QED) is 0.171. The number of esters is 1. The number of nitrogens with one attached hydrogen (secondary N) is 1. The highest BCUT2D eigenvalue weighted by atomic mass is 16.5. The number of H-pyrrole nitrogens is 1. The van der Waals surface area contributed by atoms with Gasteiger partial charge >= 0.3 is 11.9 Å². The largest absolute Gasteiger partial charge is 0.489 e. The molecule has 2 N–H and O–H groups in total. The minimum absolute atomic E-state index is 0.217. The minimum atomic E-state index is -0.866. The van der Waals surface area contributed by atoms with Crippen molar-refractivity contribution in [2.24, 2.45) is 5.92 Å². The molecule has 0 saturated carbocycles. The van der Waals surface area contributed by atoms with Gasteiger partial charge in [-0.25, -0.2) is 4.79 Å². The zero-order chi connectivity index (χ0) is 29.2. The van der Waals surface area contributed by atoms with Crippen LogP contribution in [-0.4, -0.2) is 38.8 Å². The summed E-state index contributed by atoms with van der Waals surface area (Å²) in [6, 6.07) is 18.7. The Balaban J connectivity index is 1.75. The Labute approximate surface area is 239 Å². The van der Waals surface area contributed by atoms with E-state index in [1.807, 2.05) is 49.4 Å². The predicted molar refractivity (Wildman–Crippen MR) is 154 cm³/mol. The van der Waals surface area contributed by atoms with E-state index in [9.17, 15) is 14.7 Å². The first-order valence-electron chi connectivity index (χ1n) is 13.8. The normalized spacial score (nSPS) is 12.4. The molecule has 0 amide bonds. The molecule has 0 fully saturated rings. The van der Waals surface area contributed by atoms with E-state index in [-0.39, 0.29) is 18.7 Å². The number of hydrogen-bond donors (Lipinski definition) is 2. The Morgan fingerprint density at radius 3 is 2.56 bits per heavy atom. The van der Waals surface area contributed by atoms with Gasteiger partial charge in [-0.1, -0.05) is 44.2 Å². The van der Waals surface area contributed by atoms with Crippen LogP contribution in [0.25, 0.3) is 11.3 Å². The molecule has 0 aliphatic carbocycles. The lowest BCUT2D eigenvalue weighted by Gasteiger charge is -2.26. The minimum Gasteiger partial charge on any atom is -0.489 e. The summed E-state index contributed by atoms with van der Waals surface area (Å²) in [5.41, 5.74) is 4.23. The maximum absolute atomic E-state index is 12.3. The molecule has 9 nitrogen and oxygen atoms in total. The Morgan fingerprint density at radius 1 is 1.02 bits per heavy atom. The Bertz CT molecular complexity index is 1450. The van der Waals surface area contributed by atoms with Crippen molar-refractivity contribution in [3.05, 3.63) is 95.4 Å². The second-order valence-corrected chi connectivity index (χ2v) is 9.53. The highest BCUT2D eigenvalue weighted by Gasteiger charge is 2.27. The number of rotatable bonds is 14. The number of carboxylic acids is 1. The first-order chi connectivity index (χ1) is 19.9. The molecule has 2 unspecified atom stereocenters. The molecule has 9 heteroatoms. The molecule has 2 aromatic heterocycles. The lowest BCUT2D eigenvalue weighted by atomic mass is 9.91. The first-order valence-corrected chi connectivity index (χ1v) is 13.8. The van der Waals surface area contributed by atoms with Crippen LogP contribution >= 0.6 is 0 Å². The van der Waals surface area contributed by atoms with Crippen LogP contribution in [0.2, 0.25) is 0 Å². The smallest absolute Gasteiger partial charge is 0.356 e. The number of nitrogens with zero attached hydrogens (tertiary/aromatic N) is 2. The van der Waals surface area contributed by atoms with Gasteiger partial charge in [-0.15, -0.1) is 0 Å². The number of aromatic amines is 1. The topological polar surface area (TPSA) is 124 Å². The number of ether oxygens (including phenoxy) is 3. The predicted octanol–water partition coefficient (Wildman–Crippen LogP) is 6.41. The van der Waals surface area contributed by atoms with E-state index >= 15 is 0 Å². The van der Waals surface area contributed by atoms with Gasteiger partial charge in [-0.05, 0) is 55.2 Å². The second-order valence-electron chi connectivity index (χ2n) is 9.53. The number of carbonyl (C=O) groups excluding carboxylic acids is 1. The van der Waals surface area contributed by atoms with Crippen LogP contribution < -0.4 is 9.47 Å². The Morgan fingerprint density at radius 2 is 1.85 bits per heavy atom. The summed E-state index contributed by atoms with van der Waals surface area (Å²) in [6.07, 6.45) is 4.39. The van der Waals surface area contributed by atoms with Gasteiger partial charge in [0, 0.05) is 36.0 Å². The lowest BCUT2D eigenvalue weighted by molar-refractivity contribution is -0.142. The monoisotopic (exact) mass is 557 g/mol. The fraction of sp³-hybridized carbons (Fsp3) is 0.312. The number of carbonyl (C=O) groups is 2. The van der Waals surface area contributed by atoms with Crippen molar-refractivity contribution in [1.82, 2.24) is 15.2 Å². The zero-order valence-electron chi connectivity index (χ0n) is 23.5. The molecule has 4 rings (SSSR count). The van der Waals surface area contributed by atoms with E-state index in [1.54, 1.807) is 37.5 Å². The van der Waals surface area contributed by atoms with Crippen molar-refractivity contribution in [3.8, 4) is 22.8 Å². The number of benzene rings is 2. The molecular formula is C32H35N3O6. The van der Waals surface area contributed by atoms with Gasteiger partial charge in [0.15, 0.2) is 0 Å². The van der Waals surface area contributed by atoms with Crippen LogP contribution in [0.15, 0.2) is 73.1 Å². The summed E-state index contributed by atoms with van der Waals surface area (Å²) in [4.78, 5) is 28.5. The maximum atomic E-state index is 12.3. The highest BCUT2D eigenvalue weighted by Crippen LogP contribution is 2.39. The third-order valence-corrected chi connectivity index (χ3v) is 6.82. The van der Waals surface area contributed by atoms with Gasteiger partial charge in [0.25, 0.3) is 0 Å². The van der Waals surface area contributed by atoms with Crippen LogP contribution in [-0.2, 0) is 22.6 Å². The zero-order valence-corrected chi connectivity index (χ0v) is 23.5. The van der Waals surface area contributed by atoms with Crippen molar-refractivity contribution in [2.45, 2.75) is 52.7 Å². The van der Waals surface area contributed by atoms with Gasteiger partial charge < -0.3 is 19.3 Å². The van der Waals surface area contributed by atoms with E-state index in [0.717, 1.165) is 23.1 Å². The lowest BCUT2D eigenvalue weighted by Crippen LogP contribution is -2.20. The van der Waals surface area contributed by atoms with Crippen molar-refractivity contribution < 1.29 is 28.9 Å². The Kier molecular flexibility index (Phi) is 10.1. The van der Waals surface area contributed by atoms with E-state index in [4.69, 9.17) is 14.2 Å². The van der Waals surface area contributed by atoms with Gasteiger partial charge in [-0.3, -0.25) is 14.9 Å². The van der Waals surface area contributed by atoms with Crippen molar-refractivity contribution in [3.63, 3.8) is 0 Å². The first kappa shape index (κ1) is 29.3. The Hall–Kier alpha value is -4.66. The number of hydrogen-bond acceptors (Lipinski definition) is 7. The third-order valence-electron chi connectivity index (χ3n) is 6.82. The molecule has 214 valence electrons. The highest BCUT2D eigenvalue weighted by molar-refractivity contribution is 5.89. The SMILES string of the molecule is CCOC(=O)c1cc(-c2ccc(OCc3cccnc3)cc2OC(CC(CC)C(=O)O)c2ccccc2CC)n[nH]1. The molecule has 0 saturated heterocycles. The van der Waals surface area contributed by atoms with Gasteiger partial charge in [0.2, 0.25) is 0 Å². The van der Waals surface area contributed by atoms with Crippen LogP contribution in [0, 0.1) is 5.92 Å². The summed E-state index contributed by atoms with van der Waals surface area (Å²) in [5.74, 6) is -0.963. The number of aromatic nitrogens is 3. The van der Waals surface area contributed by atoms with Gasteiger partial charge in [-0.2, -0.15) is 5.10 Å². The fourth-order valence-corrected chi connectivity index (χ4v) is 4.59. The molecule has 2 atom stereocenters. The van der Waals surface area contributed by atoms with Crippen LogP contribution in [0.5, 0.6) is 11.5 Å². The molecule has 0 spiro atoms. The van der Waals surface area contributed by atoms with E-state index < -0.39 is 24.0 Å². The van der Waals surface area contributed by atoms with Crippen molar-refractivity contribution in [1.29, 1.82) is 0 Å². The molecule has 2 heterocycles. The molecule has 0 bridgehead atoms. The molecule has 41 heavy (non-hydrogen) atoms. The van der Waals surface area contributed by atoms with Gasteiger partial charge in [0.1, 0.15) is 29.9 Å². The average molecular weight is 558 g/mol. The third kappa shape index (κ3) is 7.51. The van der Waals surface area contributed by atoms with Crippen molar-refractivity contribution in [2.75, 3.05) is 6.61 Å². The van der Waals surface area contributed by atoms with E-state index in [0.29, 0.717) is 35.8 Å². The summed E-state index contributed by atoms with van der Waals surface area (Å²) in [7, 11) is 0. The number of pyridine rings is 1. The molecule has 0 aliphatic heterocycles.